The molecule has 4 nitrogen and oxygen atoms in total. The van der Waals surface area contributed by atoms with Crippen LogP contribution in [-0.2, 0) is 6.54 Å². The number of halogens is 2. The molecule has 104 valence electrons. The molecule has 2 amide bonds. The molecule has 0 aliphatic rings. The fourth-order valence-corrected chi connectivity index (χ4v) is 1.64. The van der Waals surface area contributed by atoms with Crippen molar-refractivity contribution in [2.45, 2.75) is 6.54 Å². The van der Waals surface area contributed by atoms with Gasteiger partial charge in [0.25, 0.3) is 0 Å². The highest BCUT2D eigenvalue weighted by Gasteiger charge is 2.06. The Morgan fingerprint density at radius 1 is 1.00 bits per heavy atom. The summed E-state index contributed by atoms with van der Waals surface area (Å²) >= 11 is 0. The van der Waals surface area contributed by atoms with E-state index >= 15 is 0 Å². The summed E-state index contributed by atoms with van der Waals surface area (Å²) < 4.78 is 25.7. The summed E-state index contributed by atoms with van der Waals surface area (Å²) in [6.45, 7) is 0.361. The summed E-state index contributed by atoms with van der Waals surface area (Å²) in [5.74, 6) is -1.99. The number of benzene rings is 2. The number of nitrogens with two attached hydrogens (primary N) is 1. The fourth-order valence-electron chi connectivity index (χ4n) is 1.64. The van der Waals surface area contributed by atoms with E-state index in [0.29, 0.717) is 12.2 Å². The molecular weight excluding hydrogens is 264 g/mol. The van der Waals surface area contributed by atoms with E-state index in [4.69, 9.17) is 5.73 Å². The molecule has 20 heavy (non-hydrogen) atoms. The lowest BCUT2D eigenvalue weighted by Crippen LogP contribution is -2.19. The van der Waals surface area contributed by atoms with E-state index in [-0.39, 0.29) is 5.69 Å². The highest BCUT2D eigenvalue weighted by molar-refractivity contribution is 5.99. The molecule has 0 aliphatic carbocycles. The van der Waals surface area contributed by atoms with Gasteiger partial charge in [-0.15, -0.1) is 0 Å². The van der Waals surface area contributed by atoms with Crippen LogP contribution in [0.5, 0.6) is 0 Å². The molecule has 0 unspecified atom stereocenters. The molecule has 2 aromatic carbocycles. The van der Waals surface area contributed by atoms with Crippen molar-refractivity contribution >= 4 is 17.4 Å². The highest BCUT2D eigenvalue weighted by atomic mass is 19.2. The third-order valence-corrected chi connectivity index (χ3v) is 2.60. The normalized spacial score (nSPS) is 10.2. The Morgan fingerprint density at radius 2 is 1.70 bits per heavy atom. The summed E-state index contributed by atoms with van der Waals surface area (Å²) in [6, 6.07) is 9.59. The van der Waals surface area contributed by atoms with Gasteiger partial charge in [0.1, 0.15) is 0 Å². The van der Waals surface area contributed by atoms with Crippen molar-refractivity contribution in [3.05, 3.63) is 59.7 Å². The van der Waals surface area contributed by atoms with Gasteiger partial charge in [0.05, 0.1) is 0 Å². The van der Waals surface area contributed by atoms with E-state index in [1.165, 1.54) is 6.07 Å². The van der Waals surface area contributed by atoms with Crippen molar-refractivity contribution in [1.29, 1.82) is 0 Å². The first-order valence-electron chi connectivity index (χ1n) is 5.90. The second kappa shape index (κ2) is 6.12. The maximum atomic E-state index is 13.0. The maximum Gasteiger partial charge on any atom is 0.323 e. The summed E-state index contributed by atoms with van der Waals surface area (Å²) in [6.07, 6.45) is 0. The largest absolute Gasteiger partial charge is 0.326 e. The quantitative estimate of drug-likeness (QED) is 0.807. The zero-order valence-electron chi connectivity index (χ0n) is 10.5. The van der Waals surface area contributed by atoms with Crippen LogP contribution in [0.4, 0.5) is 25.0 Å². The molecule has 0 aromatic heterocycles. The smallest absolute Gasteiger partial charge is 0.323 e. The number of amides is 2. The summed E-state index contributed by atoms with van der Waals surface area (Å²) in [7, 11) is 0. The van der Waals surface area contributed by atoms with Gasteiger partial charge in [0.2, 0.25) is 0 Å². The minimum atomic E-state index is -1.02. The Bertz CT molecular complexity index is 632. The second-order valence-electron chi connectivity index (χ2n) is 4.11. The minimum absolute atomic E-state index is 0.163. The topological polar surface area (TPSA) is 67.1 Å². The molecule has 0 saturated carbocycles. The molecule has 0 aliphatic heterocycles. The van der Waals surface area contributed by atoms with Crippen molar-refractivity contribution in [3.63, 3.8) is 0 Å². The third-order valence-electron chi connectivity index (χ3n) is 2.60. The number of carbonyl (C=O) groups is 1. The van der Waals surface area contributed by atoms with Crippen molar-refractivity contribution in [3.8, 4) is 0 Å². The molecule has 2 aromatic rings. The molecule has 0 atom stereocenters. The molecule has 0 saturated heterocycles. The molecule has 0 fully saturated rings. The van der Waals surface area contributed by atoms with Crippen LogP contribution in [-0.4, -0.2) is 6.03 Å². The summed E-state index contributed by atoms with van der Waals surface area (Å²) in [4.78, 5) is 11.7. The average molecular weight is 277 g/mol. The van der Waals surface area contributed by atoms with Gasteiger partial charge >= 0.3 is 6.03 Å². The van der Waals surface area contributed by atoms with Crippen molar-refractivity contribution in [1.82, 2.24) is 0 Å². The molecule has 0 radical (unpaired) electrons. The zero-order valence-corrected chi connectivity index (χ0v) is 10.5. The first kappa shape index (κ1) is 14.0. The van der Waals surface area contributed by atoms with Gasteiger partial charge in [-0.3, -0.25) is 0 Å². The fraction of sp³-hybridized carbons (Fsp3) is 0.0714. The lowest BCUT2D eigenvalue weighted by Gasteiger charge is -2.08. The number of anilines is 2. The summed E-state index contributed by atoms with van der Waals surface area (Å²) in [5, 5.41) is 4.99. The Hall–Kier alpha value is -2.47. The van der Waals surface area contributed by atoms with Crippen LogP contribution in [0, 0.1) is 11.6 Å². The Kier molecular flexibility index (Phi) is 4.27. The minimum Gasteiger partial charge on any atom is -0.326 e. The van der Waals surface area contributed by atoms with Gasteiger partial charge in [-0.2, -0.15) is 0 Å². The van der Waals surface area contributed by atoms with Crippen molar-refractivity contribution in [2.75, 3.05) is 10.6 Å². The maximum absolute atomic E-state index is 13.0. The number of rotatable bonds is 3. The molecule has 0 heterocycles. The van der Waals surface area contributed by atoms with Gasteiger partial charge in [-0.1, -0.05) is 12.1 Å². The Morgan fingerprint density at radius 3 is 2.35 bits per heavy atom. The Labute approximate surface area is 114 Å². The molecular formula is C14H13F2N3O. The van der Waals surface area contributed by atoms with E-state index in [0.717, 1.165) is 17.7 Å². The van der Waals surface area contributed by atoms with E-state index < -0.39 is 17.7 Å². The van der Waals surface area contributed by atoms with Gasteiger partial charge in [-0.25, -0.2) is 13.6 Å². The molecule has 4 N–H and O–H groups in total. The van der Waals surface area contributed by atoms with Crippen LogP contribution in [0.3, 0.4) is 0 Å². The highest BCUT2D eigenvalue weighted by Crippen LogP contribution is 2.14. The average Bonchev–Trinajstić information content (AvgIpc) is 2.43. The van der Waals surface area contributed by atoms with Crippen LogP contribution in [0.2, 0.25) is 0 Å². The predicted molar refractivity (Wildman–Crippen MR) is 73.3 cm³/mol. The first-order chi connectivity index (χ1) is 9.58. The second-order valence-corrected chi connectivity index (χ2v) is 4.11. The Balaban J connectivity index is 2.03. The van der Waals surface area contributed by atoms with Crippen LogP contribution in [0.15, 0.2) is 42.5 Å². The molecule has 0 spiro atoms. The number of hydrogen-bond donors (Lipinski definition) is 3. The zero-order chi connectivity index (χ0) is 14.5. The number of hydrogen-bond acceptors (Lipinski definition) is 2. The molecule has 6 heteroatoms. The van der Waals surface area contributed by atoms with E-state index in [2.05, 4.69) is 10.6 Å². The number of urea groups is 1. The third kappa shape index (κ3) is 3.52. The van der Waals surface area contributed by atoms with E-state index in [1.807, 2.05) is 6.07 Å². The van der Waals surface area contributed by atoms with Gasteiger partial charge in [-0.05, 0) is 29.8 Å². The standard InChI is InChI=1S/C14H13F2N3O/c15-12-5-4-11(7-13(12)16)19-14(20)18-10-3-1-2-9(6-10)8-17/h1-7H,8,17H2,(H2,18,19,20). The first-order valence-corrected chi connectivity index (χ1v) is 5.90. The lowest BCUT2D eigenvalue weighted by atomic mass is 10.2. The number of nitrogens with one attached hydrogen (secondary N) is 2. The van der Waals surface area contributed by atoms with Crippen LogP contribution in [0.1, 0.15) is 5.56 Å². The van der Waals surface area contributed by atoms with Gasteiger partial charge in [0.15, 0.2) is 11.6 Å². The van der Waals surface area contributed by atoms with Crippen molar-refractivity contribution in [2.24, 2.45) is 5.73 Å². The predicted octanol–water partition coefficient (Wildman–Crippen LogP) is 3.07. The molecule has 2 rings (SSSR count). The summed E-state index contributed by atoms with van der Waals surface area (Å²) in [5.41, 5.74) is 7.10. The van der Waals surface area contributed by atoms with Crippen LogP contribution >= 0.6 is 0 Å². The monoisotopic (exact) mass is 277 g/mol. The SMILES string of the molecule is NCc1cccc(NC(=O)Nc2ccc(F)c(F)c2)c1. The van der Waals surface area contributed by atoms with Crippen LogP contribution in [0.25, 0.3) is 0 Å². The van der Waals surface area contributed by atoms with E-state index in [9.17, 15) is 13.6 Å². The van der Waals surface area contributed by atoms with Gasteiger partial charge < -0.3 is 16.4 Å². The van der Waals surface area contributed by atoms with Crippen molar-refractivity contribution < 1.29 is 13.6 Å². The molecule has 0 bridgehead atoms. The number of carbonyl (C=O) groups excluding carboxylic acids is 1. The van der Waals surface area contributed by atoms with Gasteiger partial charge in [0, 0.05) is 24.0 Å². The van der Waals surface area contributed by atoms with E-state index in [1.54, 1.807) is 18.2 Å². The van der Waals surface area contributed by atoms with Crippen LogP contribution < -0.4 is 16.4 Å². The lowest BCUT2D eigenvalue weighted by molar-refractivity contribution is 0.262.